The average Bonchev–Trinajstić information content (AvgIpc) is 2.43. The summed E-state index contributed by atoms with van der Waals surface area (Å²) in [4.78, 5) is 22.6. The maximum Gasteiger partial charge on any atom is 0.305 e. The lowest BCUT2D eigenvalue weighted by Gasteiger charge is -2.12. The number of carbonyl (C=O) groups excluding carboxylic acids is 2. The van der Waals surface area contributed by atoms with Gasteiger partial charge in [0.05, 0.1) is 7.11 Å². The number of esters is 1. The molecule has 0 fully saturated rings. The van der Waals surface area contributed by atoms with Crippen molar-refractivity contribution >= 4 is 11.9 Å². The number of nitrogens with two attached hydrogens (primary N) is 1. The average molecular weight is 250 g/mol. The van der Waals surface area contributed by atoms with Crippen LogP contribution in [0, 0.1) is 0 Å². The van der Waals surface area contributed by atoms with Gasteiger partial charge in [0.25, 0.3) is 0 Å². The molecule has 0 spiro atoms. The molecule has 18 heavy (non-hydrogen) atoms. The molecule has 0 aliphatic heterocycles. The Morgan fingerprint density at radius 3 is 2.61 bits per heavy atom. The minimum Gasteiger partial charge on any atom is -0.469 e. The molecule has 0 saturated heterocycles. The minimum absolute atomic E-state index is 0.244. The van der Waals surface area contributed by atoms with E-state index in [2.05, 4.69) is 10.1 Å². The first-order valence-electron chi connectivity index (χ1n) is 5.80. The standard InChI is InChI=1S/C13H18N2O3/c1-18-11(16)8-5-9-15-13(17)12(14)10-6-3-2-4-7-10/h2-4,6-7,12H,5,8-9,14H2,1H3,(H,15,17). The van der Waals surface area contributed by atoms with Crippen molar-refractivity contribution in [3.63, 3.8) is 0 Å². The third-order valence-corrected chi connectivity index (χ3v) is 2.53. The lowest BCUT2D eigenvalue weighted by atomic mass is 10.1. The number of nitrogens with one attached hydrogen (secondary N) is 1. The van der Waals surface area contributed by atoms with E-state index >= 15 is 0 Å². The van der Waals surface area contributed by atoms with E-state index in [0.29, 0.717) is 13.0 Å². The van der Waals surface area contributed by atoms with E-state index < -0.39 is 6.04 Å². The van der Waals surface area contributed by atoms with Gasteiger partial charge in [0.15, 0.2) is 0 Å². The summed E-state index contributed by atoms with van der Waals surface area (Å²) in [6.45, 7) is 0.411. The molecule has 0 aromatic heterocycles. The number of methoxy groups -OCH3 is 1. The highest BCUT2D eigenvalue weighted by molar-refractivity contribution is 5.82. The van der Waals surface area contributed by atoms with Crippen LogP contribution in [0.15, 0.2) is 30.3 Å². The first-order chi connectivity index (χ1) is 8.65. The maximum absolute atomic E-state index is 11.7. The molecule has 1 atom stereocenters. The van der Waals surface area contributed by atoms with E-state index in [0.717, 1.165) is 5.56 Å². The van der Waals surface area contributed by atoms with Gasteiger partial charge in [-0.25, -0.2) is 0 Å². The number of ether oxygens (including phenoxy) is 1. The van der Waals surface area contributed by atoms with Crippen LogP contribution >= 0.6 is 0 Å². The van der Waals surface area contributed by atoms with Gasteiger partial charge < -0.3 is 15.8 Å². The Morgan fingerprint density at radius 2 is 2.00 bits per heavy atom. The fourth-order valence-electron chi connectivity index (χ4n) is 1.47. The molecule has 0 bridgehead atoms. The van der Waals surface area contributed by atoms with Gasteiger partial charge in [-0.3, -0.25) is 9.59 Å². The molecule has 0 heterocycles. The predicted octanol–water partition coefficient (Wildman–Crippen LogP) is 0.756. The van der Waals surface area contributed by atoms with Crippen molar-refractivity contribution in [2.45, 2.75) is 18.9 Å². The number of hydrogen-bond acceptors (Lipinski definition) is 4. The predicted molar refractivity (Wildman–Crippen MR) is 67.6 cm³/mol. The van der Waals surface area contributed by atoms with Gasteiger partial charge in [0.1, 0.15) is 6.04 Å². The van der Waals surface area contributed by atoms with E-state index in [9.17, 15) is 9.59 Å². The Balaban J connectivity index is 2.31. The van der Waals surface area contributed by atoms with Crippen LogP contribution in [0.3, 0.4) is 0 Å². The van der Waals surface area contributed by atoms with Crippen LogP contribution < -0.4 is 11.1 Å². The molecule has 1 rings (SSSR count). The Morgan fingerprint density at radius 1 is 1.33 bits per heavy atom. The van der Waals surface area contributed by atoms with Crippen molar-refractivity contribution in [2.75, 3.05) is 13.7 Å². The molecule has 5 heteroatoms. The Labute approximate surface area is 106 Å². The molecule has 0 aliphatic rings. The zero-order valence-electron chi connectivity index (χ0n) is 10.4. The second kappa shape index (κ2) is 7.45. The second-order valence-corrected chi connectivity index (χ2v) is 3.86. The van der Waals surface area contributed by atoms with E-state index in [1.54, 1.807) is 12.1 Å². The van der Waals surface area contributed by atoms with Gasteiger partial charge >= 0.3 is 5.97 Å². The largest absolute Gasteiger partial charge is 0.469 e. The lowest BCUT2D eigenvalue weighted by molar-refractivity contribution is -0.140. The topological polar surface area (TPSA) is 81.4 Å². The van der Waals surface area contributed by atoms with Crippen LogP contribution in [0.2, 0.25) is 0 Å². The molecule has 0 saturated carbocycles. The summed E-state index contributed by atoms with van der Waals surface area (Å²) in [7, 11) is 1.34. The van der Waals surface area contributed by atoms with Crippen LogP contribution in [-0.2, 0) is 14.3 Å². The summed E-state index contributed by atoms with van der Waals surface area (Å²) in [5, 5.41) is 2.69. The summed E-state index contributed by atoms with van der Waals surface area (Å²) in [5.41, 5.74) is 6.57. The van der Waals surface area contributed by atoms with Crippen LogP contribution in [0.5, 0.6) is 0 Å². The molecule has 3 N–H and O–H groups in total. The van der Waals surface area contributed by atoms with E-state index in [1.165, 1.54) is 7.11 Å². The van der Waals surface area contributed by atoms with Crippen LogP contribution in [0.25, 0.3) is 0 Å². The van der Waals surface area contributed by atoms with Crippen LogP contribution in [-0.4, -0.2) is 25.5 Å². The summed E-state index contributed by atoms with van der Waals surface area (Å²) in [6, 6.07) is 8.46. The van der Waals surface area contributed by atoms with Crippen LogP contribution in [0.1, 0.15) is 24.4 Å². The Bertz CT molecular complexity index is 392. The molecule has 1 aromatic carbocycles. The van der Waals surface area contributed by atoms with E-state index in [1.807, 2.05) is 18.2 Å². The SMILES string of the molecule is COC(=O)CCCNC(=O)C(N)c1ccccc1. The first kappa shape index (κ1) is 14.2. The quantitative estimate of drug-likeness (QED) is 0.577. The number of rotatable bonds is 6. The molecular weight excluding hydrogens is 232 g/mol. The number of amides is 1. The van der Waals surface area contributed by atoms with Crippen LogP contribution in [0.4, 0.5) is 0 Å². The van der Waals surface area contributed by atoms with E-state index in [4.69, 9.17) is 5.73 Å². The summed E-state index contributed by atoms with van der Waals surface area (Å²) in [5.74, 6) is -0.525. The van der Waals surface area contributed by atoms with Crippen molar-refractivity contribution in [3.05, 3.63) is 35.9 Å². The highest BCUT2D eigenvalue weighted by Crippen LogP contribution is 2.09. The Kier molecular flexibility index (Phi) is 5.87. The monoisotopic (exact) mass is 250 g/mol. The summed E-state index contributed by atoms with van der Waals surface area (Å²) >= 11 is 0. The second-order valence-electron chi connectivity index (χ2n) is 3.86. The molecule has 5 nitrogen and oxygen atoms in total. The van der Waals surface area contributed by atoms with Crippen molar-refractivity contribution in [2.24, 2.45) is 5.73 Å². The molecule has 1 unspecified atom stereocenters. The molecule has 1 amide bonds. The minimum atomic E-state index is -0.677. The zero-order valence-corrected chi connectivity index (χ0v) is 10.4. The number of benzene rings is 1. The van der Waals surface area contributed by atoms with Gasteiger partial charge in [0.2, 0.25) is 5.91 Å². The van der Waals surface area contributed by atoms with Gasteiger partial charge in [-0.2, -0.15) is 0 Å². The van der Waals surface area contributed by atoms with Gasteiger partial charge in [0, 0.05) is 13.0 Å². The normalized spacial score (nSPS) is 11.7. The molecule has 1 aromatic rings. The van der Waals surface area contributed by atoms with Crippen molar-refractivity contribution < 1.29 is 14.3 Å². The first-order valence-corrected chi connectivity index (χ1v) is 5.80. The third kappa shape index (κ3) is 4.55. The molecule has 98 valence electrons. The summed E-state index contributed by atoms with van der Waals surface area (Å²) in [6.07, 6.45) is 0.831. The number of hydrogen-bond donors (Lipinski definition) is 2. The van der Waals surface area contributed by atoms with Crippen molar-refractivity contribution in [1.82, 2.24) is 5.32 Å². The zero-order chi connectivity index (χ0) is 13.4. The Hall–Kier alpha value is -1.88. The number of carbonyl (C=O) groups is 2. The van der Waals surface area contributed by atoms with Gasteiger partial charge in [-0.15, -0.1) is 0 Å². The molecule has 0 aliphatic carbocycles. The smallest absolute Gasteiger partial charge is 0.305 e. The fraction of sp³-hybridized carbons (Fsp3) is 0.385. The highest BCUT2D eigenvalue weighted by Gasteiger charge is 2.14. The summed E-state index contributed by atoms with van der Waals surface area (Å²) < 4.78 is 4.50. The van der Waals surface area contributed by atoms with Crippen molar-refractivity contribution in [1.29, 1.82) is 0 Å². The molecule has 0 radical (unpaired) electrons. The third-order valence-electron chi connectivity index (χ3n) is 2.53. The lowest BCUT2D eigenvalue weighted by Crippen LogP contribution is -2.34. The maximum atomic E-state index is 11.7. The molecular formula is C13H18N2O3. The highest BCUT2D eigenvalue weighted by atomic mass is 16.5. The van der Waals surface area contributed by atoms with Crippen molar-refractivity contribution in [3.8, 4) is 0 Å². The van der Waals surface area contributed by atoms with Gasteiger partial charge in [-0.1, -0.05) is 30.3 Å². The van der Waals surface area contributed by atoms with Gasteiger partial charge in [-0.05, 0) is 12.0 Å². The fourth-order valence-corrected chi connectivity index (χ4v) is 1.47. The van der Waals surface area contributed by atoms with E-state index in [-0.39, 0.29) is 18.3 Å².